The van der Waals surface area contributed by atoms with Crippen molar-refractivity contribution in [2.45, 2.75) is 26.0 Å². The second-order valence-corrected chi connectivity index (χ2v) is 4.00. The van der Waals surface area contributed by atoms with E-state index in [9.17, 15) is 9.59 Å². The summed E-state index contributed by atoms with van der Waals surface area (Å²) in [5, 5.41) is 8.28. The van der Waals surface area contributed by atoms with Gasteiger partial charge in [-0.25, -0.2) is 0 Å². The molecule has 16 heavy (non-hydrogen) atoms. The molecule has 1 aliphatic rings. The number of hydrogen-bond acceptors (Lipinski definition) is 4. The van der Waals surface area contributed by atoms with Crippen molar-refractivity contribution in [2.24, 2.45) is 0 Å². The van der Waals surface area contributed by atoms with Crippen LogP contribution in [0.25, 0.3) is 0 Å². The molecule has 6 heteroatoms. The summed E-state index contributed by atoms with van der Waals surface area (Å²) in [5.74, 6) is -0.432. The van der Waals surface area contributed by atoms with Gasteiger partial charge in [0, 0.05) is 19.1 Å². The van der Waals surface area contributed by atoms with Crippen LogP contribution in [0.5, 0.6) is 0 Å². The number of nitrogens with one attached hydrogen (secondary N) is 3. The summed E-state index contributed by atoms with van der Waals surface area (Å²) < 4.78 is 5.25. The van der Waals surface area contributed by atoms with E-state index in [1.165, 1.54) is 0 Å². The molecule has 0 bridgehead atoms. The summed E-state index contributed by atoms with van der Waals surface area (Å²) in [6.45, 7) is 5.52. The van der Waals surface area contributed by atoms with E-state index in [2.05, 4.69) is 16.0 Å². The fourth-order valence-corrected chi connectivity index (χ4v) is 1.39. The summed E-state index contributed by atoms with van der Waals surface area (Å²) in [5.41, 5.74) is 0. The lowest BCUT2D eigenvalue weighted by molar-refractivity contribution is -0.136. The lowest BCUT2D eigenvalue weighted by atomic mass is 10.3. The highest BCUT2D eigenvalue weighted by atomic mass is 16.5. The predicted molar refractivity (Wildman–Crippen MR) is 58.9 cm³/mol. The Labute approximate surface area is 95.1 Å². The van der Waals surface area contributed by atoms with Crippen LogP contribution in [0.4, 0.5) is 0 Å². The normalized spacial score (nSPS) is 20.6. The Morgan fingerprint density at radius 1 is 1.50 bits per heavy atom. The third kappa shape index (κ3) is 4.59. The Morgan fingerprint density at radius 2 is 2.25 bits per heavy atom. The van der Waals surface area contributed by atoms with Gasteiger partial charge in [-0.15, -0.1) is 0 Å². The van der Waals surface area contributed by atoms with Crippen LogP contribution in [0.15, 0.2) is 0 Å². The standard InChI is InChI=1S/C10H19N3O3/c1-7(2)13-9(14)6-12-10(15)8-5-11-3-4-16-8/h7-8,11H,3-6H2,1-2H3,(H,12,15)(H,13,14). The zero-order valence-electron chi connectivity index (χ0n) is 9.71. The maximum absolute atomic E-state index is 11.5. The van der Waals surface area contributed by atoms with Crippen molar-refractivity contribution in [1.29, 1.82) is 0 Å². The van der Waals surface area contributed by atoms with Crippen molar-refractivity contribution in [3.05, 3.63) is 0 Å². The molecule has 1 aliphatic heterocycles. The number of hydrogen-bond donors (Lipinski definition) is 3. The van der Waals surface area contributed by atoms with Crippen LogP contribution in [-0.4, -0.2) is 50.2 Å². The first-order chi connectivity index (χ1) is 7.59. The summed E-state index contributed by atoms with van der Waals surface area (Å²) in [6.07, 6.45) is -0.486. The first kappa shape index (κ1) is 12.9. The summed E-state index contributed by atoms with van der Waals surface area (Å²) in [4.78, 5) is 22.8. The summed E-state index contributed by atoms with van der Waals surface area (Å²) in [7, 11) is 0. The van der Waals surface area contributed by atoms with Gasteiger partial charge in [-0.05, 0) is 13.8 Å². The van der Waals surface area contributed by atoms with Gasteiger partial charge in [-0.2, -0.15) is 0 Å². The van der Waals surface area contributed by atoms with Gasteiger partial charge < -0.3 is 20.7 Å². The SMILES string of the molecule is CC(C)NC(=O)CNC(=O)C1CNCCO1. The van der Waals surface area contributed by atoms with Gasteiger partial charge in [0.1, 0.15) is 6.10 Å². The monoisotopic (exact) mass is 229 g/mol. The van der Waals surface area contributed by atoms with Crippen LogP contribution >= 0.6 is 0 Å². The molecule has 0 aromatic rings. The predicted octanol–water partition coefficient (Wildman–Crippen LogP) is -1.38. The average Bonchev–Trinajstić information content (AvgIpc) is 2.26. The number of morpholine rings is 1. The van der Waals surface area contributed by atoms with Crippen LogP contribution < -0.4 is 16.0 Å². The van der Waals surface area contributed by atoms with Gasteiger partial charge >= 0.3 is 0 Å². The fraction of sp³-hybridized carbons (Fsp3) is 0.800. The minimum Gasteiger partial charge on any atom is -0.366 e. The molecule has 1 heterocycles. The molecular weight excluding hydrogens is 210 g/mol. The third-order valence-electron chi connectivity index (χ3n) is 2.09. The van der Waals surface area contributed by atoms with Crippen LogP contribution in [0, 0.1) is 0 Å². The highest BCUT2D eigenvalue weighted by molar-refractivity contribution is 5.87. The number of carbonyl (C=O) groups excluding carboxylic acids is 2. The van der Waals surface area contributed by atoms with Crippen molar-refractivity contribution < 1.29 is 14.3 Å². The molecule has 1 atom stereocenters. The van der Waals surface area contributed by atoms with Crippen molar-refractivity contribution in [1.82, 2.24) is 16.0 Å². The van der Waals surface area contributed by atoms with Crippen LogP contribution in [0.3, 0.4) is 0 Å². The lowest BCUT2D eigenvalue weighted by Gasteiger charge is -2.22. The smallest absolute Gasteiger partial charge is 0.250 e. The van der Waals surface area contributed by atoms with Crippen molar-refractivity contribution >= 4 is 11.8 Å². The molecule has 0 aliphatic carbocycles. The van der Waals surface area contributed by atoms with Crippen molar-refractivity contribution in [3.8, 4) is 0 Å². The molecule has 0 spiro atoms. The van der Waals surface area contributed by atoms with Gasteiger partial charge in [0.2, 0.25) is 5.91 Å². The van der Waals surface area contributed by atoms with E-state index in [4.69, 9.17) is 4.74 Å². The van der Waals surface area contributed by atoms with Crippen LogP contribution in [0.1, 0.15) is 13.8 Å². The van der Waals surface area contributed by atoms with Crippen molar-refractivity contribution in [3.63, 3.8) is 0 Å². The second-order valence-electron chi connectivity index (χ2n) is 4.00. The Balaban J connectivity index is 2.21. The van der Waals surface area contributed by atoms with E-state index in [-0.39, 0.29) is 24.4 Å². The Kier molecular flexibility index (Phi) is 5.21. The minimum atomic E-state index is -0.486. The minimum absolute atomic E-state index is 0.00310. The first-order valence-electron chi connectivity index (χ1n) is 5.49. The van der Waals surface area contributed by atoms with E-state index < -0.39 is 6.10 Å². The largest absolute Gasteiger partial charge is 0.366 e. The molecule has 6 nitrogen and oxygen atoms in total. The van der Waals surface area contributed by atoms with Gasteiger partial charge in [0.15, 0.2) is 0 Å². The van der Waals surface area contributed by atoms with E-state index in [1.54, 1.807) is 0 Å². The lowest BCUT2D eigenvalue weighted by Crippen LogP contribution is -2.50. The van der Waals surface area contributed by atoms with Crippen LogP contribution in [-0.2, 0) is 14.3 Å². The molecular formula is C10H19N3O3. The van der Waals surface area contributed by atoms with Crippen LogP contribution in [0.2, 0.25) is 0 Å². The van der Waals surface area contributed by atoms with Crippen molar-refractivity contribution in [2.75, 3.05) is 26.2 Å². The Hall–Kier alpha value is -1.14. The number of carbonyl (C=O) groups is 2. The molecule has 2 amide bonds. The molecule has 0 aromatic carbocycles. The molecule has 1 fully saturated rings. The quantitative estimate of drug-likeness (QED) is 0.555. The zero-order chi connectivity index (χ0) is 12.0. The second kappa shape index (κ2) is 6.44. The van der Waals surface area contributed by atoms with E-state index >= 15 is 0 Å². The maximum Gasteiger partial charge on any atom is 0.250 e. The zero-order valence-corrected chi connectivity index (χ0v) is 9.71. The summed E-state index contributed by atoms with van der Waals surface area (Å²) in [6, 6.07) is 0.0806. The molecule has 92 valence electrons. The molecule has 0 radical (unpaired) electrons. The van der Waals surface area contributed by atoms with Gasteiger partial charge in [0.05, 0.1) is 13.2 Å². The number of amides is 2. The first-order valence-corrected chi connectivity index (χ1v) is 5.49. The number of rotatable bonds is 4. The average molecular weight is 229 g/mol. The van der Waals surface area contributed by atoms with Gasteiger partial charge in [-0.3, -0.25) is 9.59 Å². The highest BCUT2D eigenvalue weighted by Gasteiger charge is 2.21. The molecule has 1 unspecified atom stereocenters. The van der Waals surface area contributed by atoms with Gasteiger partial charge in [0.25, 0.3) is 5.91 Å². The summed E-state index contributed by atoms with van der Waals surface area (Å²) >= 11 is 0. The Morgan fingerprint density at radius 3 is 2.81 bits per heavy atom. The third-order valence-corrected chi connectivity index (χ3v) is 2.09. The van der Waals surface area contributed by atoms with E-state index in [0.29, 0.717) is 13.2 Å². The fourth-order valence-electron chi connectivity index (χ4n) is 1.39. The Bertz CT molecular complexity index is 250. The molecule has 0 saturated carbocycles. The topological polar surface area (TPSA) is 79.5 Å². The van der Waals surface area contributed by atoms with E-state index in [0.717, 1.165) is 6.54 Å². The molecule has 1 saturated heterocycles. The number of ether oxygens (including phenoxy) is 1. The molecule has 0 aromatic heterocycles. The molecule has 1 rings (SSSR count). The molecule has 3 N–H and O–H groups in total. The van der Waals surface area contributed by atoms with Gasteiger partial charge in [-0.1, -0.05) is 0 Å². The van der Waals surface area contributed by atoms with E-state index in [1.807, 2.05) is 13.8 Å². The maximum atomic E-state index is 11.5. The highest BCUT2D eigenvalue weighted by Crippen LogP contribution is 1.95.